The lowest BCUT2D eigenvalue weighted by Crippen LogP contribution is -2.50. The van der Waals surface area contributed by atoms with Gasteiger partial charge in [-0.05, 0) is 24.6 Å². The molecule has 1 fully saturated rings. The first kappa shape index (κ1) is 19.2. The molecule has 0 radical (unpaired) electrons. The topological polar surface area (TPSA) is 58.8 Å². The summed E-state index contributed by atoms with van der Waals surface area (Å²) in [6.07, 6.45) is 0. The van der Waals surface area contributed by atoms with Crippen LogP contribution in [0.15, 0.2) is 71.3 Å². The minimum absolute atomic E-state index is 0.0953. The third-order valence-corrected chi connectivity index (χ3v) is 5.22. The van der Waals surface area contributed by atoms with Crippen LogP contribution < -0.4 is 4.74 Å². The third-order valence-electron chi connectivity index (χ3n) is 5.22. The van der Waals surface area contributed by atoms with Crippen LogP contribution in [0.2, 0.25) is 0 Å². The lowest BCUT2D eigenvalue weighted by atomic mass is 10.0. The second-order valence-corrected chi connectivity index (χ2v) is 7.21. The van der Waals surface area contributed by atoms with Gasteiger partial charge in [-0.2, -0.15) is 0 Å². The maximum Gasteiger partial charge on any atom is 0.292 e. The molecule has 1 aliphatic rings. The summed E-state index contributed by atoms with van der Waals surface area (Å²) in [5.41, 5.74) is 1.93. The predicted octanol–water partition coefficient (Wildman–Crippen LogP) is 3.56. The molecule has 150 valence electrons. The van der Waals surface area contributed by atoms with Crippen LogP contribution in [0.3, 0.4) is 0 Å². The van der Waals surface area contributed by atoms with Crippen LogP contribution in [-0.2, 0) is 0 Å². The van der Waals surface area contributed by atoms with Crippen molar-refractivity contribution in [1.82, 2.24) is 15.0 Å². The molecule has 2 aromatic carbocycles. The molecule has 0 spiro atoms. The molecule has 2 heterocycles. The highest BCUT2D eigenvalue weighted by Gasteiger charge is 2.29. The normalized spacial score (nSPS) is 15.8. The van der Waals surface area contributed by atoms with Gasteiger partial charge in [0.25, 0.3) is 5.91 Å². The van der Waals surface area contributed by atoms with Gasteiger partial charge in [-0.25, -0.2) is 0 Å². The second kappa shape index (κ2) is 8.92. The lowest BCUT2D eigenvalue weighted by Gasteiger charge is -2.39. The fourth-order valence-electron chi connectivity index (χ4n) is 3.64. The van der Waals surface area contributed by atoms with E-state index in [0.29, 0.717) is 31.2 Å². The summed E-state index contributed by atoms with van der Waals surface area (Å²) in [7, 11) is 0. The van der Waals surface area contributed by atoms with Crippen molar-refractivity contribution >= 4 is 5.91 Å². The molecule has 1 saturated heterocycles. The van der Waals surface area contributed by atoms with Crippen LogP contribution in [0.25, 0.3) is 0 Å². The molecule has 6 heteroatoms. The van der Waals surface area contributed by atoms with E-state index < -0.39 is 0 Å². The molecule has 0 saturated carbocycles. The van der Waals surface area contributed by atoms with Crippen LogP contribution in [0, 0.1) is 6.92 Å². The van der Waals surface area contributed by atoms with Gasteiger partial charge in [0, 0.05) is 32.2 Å². The Hall–Kier alpha value is -3.12. The Morgan fingerprint density at radius 1 is 1.03 bits per heavy atom. The van der Waals surface area contributed by atoms with Gasteiger partial charge in [0.1, 0.15) is 12.4 Å². The first-order valence-corrected chi connectivity index (χ1v) is 9.90. The minimum Gasteiger partial charge on any atom is -0.492 e. The zero-order valence-electron chi connectivity index (χ0n) is 16.5. The Balaban J connectivity index is 1.42. The number of ether oxygens (including phenoxy) is 1. The summed E-state index contributed by atoms with van der Waals surface area (Å²) >= 11 is 0. The van der Waals surface area contributed by atoms with E-state index in [9.17, 15) is 4.79 Å². The zero-order chi connectivity index (χ0) is 20.1. The van der Waals surface area contributed by atoms with Crippen molar-refractivity contribution in [2.75, 3.05) is 32.8 Å². The van der Waals surface area contributed by atoms with Crippen molar-refractivity contribution in [2.24, 2.45) is 0 Å². The van der Waals surface area contributed by atoms with E-state index in [1.54, 1.807) is 6.07 Å². The number of benzene rings is 2. The van der Waals surface area contributed by atoms with E-state index in [0.717, 1.165) is 18.8 Å². The Labute approximate surface area is 170 Å². The fraction of sp³-hybridized carbons (Fsp3) is 0.304. The summed E-state index contributed by atoms with van der Waals surface area (Å²) in [5, 5.41) is 3.82. The highest BCUT2D eigenvalue weighted by Crippen LogP contribution is 2.24. The smallest absolute Gasteiger partial charge is 0.292 e. The van der Waals surface area contributed by atoms with Crippen LogP contribution in [0.4, 0.5) is 0 Å². The largest absolute Gasteiger partial charge is 0.492 e. The molecule has 3 aromatic rings. The van der Waals surface area contributed by atoms with Gasteiger partial charge in [0.05, 0.1) is 11.7 Å². The summed E-state index contributed by atoms with van der Waals surface area (Å²) in [6, 6.07) is 22.1. The maximum absolute atomic E-state index is 12.6. The van der Waals surface area contributed by atoms with E-state index in [1.807, 2.05) is 48.2 Å². The molecule has 1 atom stereocenters. The molecule has 1 unspecified atom stereocenters. The van der Waals surface area contributed by atoms with E-state index in [2.05, 4.69) is 34.3 Å². The number of piperazine rings is 1. The monoisotopic (exact) mass is 391 g/mol. The van der Waals surface area contributed by atoms with E-state index in [4.69, 9.17) is 9.26 Å². The Bertz CT molecular complexity index is 919. The number of aromatic nitrogens is 1. The van der Waals surface area contributed by atoms with Crippen molar-refractivity contribution in [3.63, 3.8) is 0 Å². The van der Waals surface area contributed by atoms with Crippen LogP contribution >= 0.6 is 0 Å². The summed E-state index contributed by atoms with van der Waals surface area (Å²) in [4.78, 5) is 16.8. The van der Waals surface area contributed by atoms with Crippen molar-refractivity contribution in [3.8, 4) is 5.75 Å². The Morgan fingerprint density at radius 2 is 1.69 bits per heavy atom. The van der Waals surface area contributed by atoms with Gasteiger partial charge >= 0.3 is 0 Å². The average molecular weight is 391 g/mol. The predicted molar refractivity (Wildman–Crippen MR) is 110 cm³/mol. The van der Waals surface area contributed by atoms with Gasteiger partial charge in [-0.1, -0.05) is 53.7 Å². The zero-order valence-corrected chi connectivity index (χ0v) is 16.5. The molecule has 1 aliphatic heterocycles. The molecular formula is C23H25N3O3. The minimum atomic E-state index is -0.0953. The highest BCUT2D eigenvalue weighted by atomic mass is 16.5. The number of carbonyl (C=O) groups excluding carboxylic acids is 1. The van der Waals surface area contributed by atoms with Gasteiger partial charge in [-0.15, -0.1) is 0 Å². The van der Waals surface area contributed by atoms with Gasteiger partial charge in [0.2, 0.25) is 5.76 Å². The number of aryl methyl sites for hydroxylation is 1. The van der Waals surface area contributed by atoms with Crippen LogP contribution in [0.5, 0.6) is 5.75 Å². The van der Waals surface area contributed by atoms with E-state index in [1.165, 1.54) is 5.56 Å². The number of amides is 1. The van der Waals surface area contributed by atoms with Crippen LogP contribution in [-0.4, -0.2) is 53.6 Å². The summed E-state index contributed by atoms with van der Waals surface area (Å²) in [5.74, 6) is 1.08. The molecule has 6 nitrogen and oxygen atoms in total. The molecule has 1 amide bonds. The van der Waals surface area contributed by atoms with Gasteiger partial charge in [0.15, 0.2) is 0 Å². The molecule has 0 bridgehead atoms. The lowest BCUT2D eigenvalue weighted by molar-refractivity contribution is 0.0468. The number of rotatable bonds is 6. The number of hydrogen-bond acceptors (Lipinski definition) is 5. The van der Waals surface area contributed by atoms with Crippen molar-refractivity contribution in [2.45, 2.75) is 13.0 Å². The number of para-hydroxylation sites is 1. The maximum atomic E-state index is 12.6. The standard InChI is InChI=1S/C23H25N3O3/c1-18-16-22(29-24-18)23(27)26-14-12-25(13-15-26)21(19-8-4-2-5-9-19)17-28-20-10-6-3-7-11-20/h2-11,16,21H,12-15,17H2,1H3. The molecule has 4 rings (SSSR count). The molecule has 1 aromatic heterocycles. The first-order valence-electron chi connectivity index (χ1n) is 9.90. The number of hydrogen-bond donors (Lipinski definition) is 0. The summed E-state index contributed by atoms with van der Waals surface area (Å²) in [6.45, 7) is 5.21. The Morgan fingerprint density at radius 3 is 2.31 bits per heavy atom. The number of carbonyl (C=O) groups is 1. The molecular weight excluding hydrogens is 366 g/mol. The van der Waals surface area contributed by atoms with Crippen LogP contribution in [0.1, 0.15) is 27.9 Å². The molecule has 29 heavy (non-hydrogen) atoms. The first-order chi connectivity index (χ1) is 14.2. The Kier molecular flexibility index (Phi) is 5.91. The van der Waals surface area contributed by atoms with E-state index in [-0.39, 0.29) is 11.9 Å². The quantitative estimate of drug-likeness (QED) is 0.643. The van der Waals surface area contributed by atoms with Gasteiger partial charge < -0.3 is 14.2 Å². The molecule has 0 aliphatic carbocycles. The van der Waals surface area contributed by atoms with E-state index >= 15 is 0 Å². The SMILES string of the molecule is Cc1cc(C(=O)N2CCN(C(COc3ccccc3)c3ccccc3)CC2)on1. The summed E-state index contributed by atoms with van der Waals surface area (Å²) < 4.78 is 11.2. The highest BCUT2D eigenvalue weighted by molar-refractivity contribution is 5.91. The average Bonchev–Trinajstić information content (AvgIpc) is 3.22. The van der Waals surface area contributed by atoms with Gasteiger partial charge in [-0.3, -0.25) is 9.69 Å². The van der Waals surface area contributed by atoms with Crippen molar-refractivity contribution in [1.29, 1.82) is 0 Å². The fourth-order valence-corrected chi connectivity index (χ4v) is 3.64. The molecule has 0 N–H and O–H groups in total. The van der Waals surface area contributed by atoms with Crippen molar-refractivity contribution < 1.29 is 14.1 Å². The van der Waals surface area contributed by atoms with Crippen molar-refractivity contribution in [3.05, 3.63) is 83.7 Å². The third kappa shape index (κ3) is 4.66. The number of nitrogens with zero attached hydrogens (tertiary/aromatic N) is 3. The second-order valence-electron chi connectivity index (χ2n) is 7.21.